The predicted octanol–water partition coefficient (Wildman–Crippen LogP) is 2.29. The van der Waals surface area contributed by atoms with Crippen LogP contribution in [0.1, 0.15) is 19.4 Å². The van der Waals surface area contributed by atoms with Crippen molar-refractivity contribution in [3.05, 3.63) is 52.3 Å². The first-order chi connectivity index (χ1) is 9.61. The number of benzene rings is 1. The third-order valence-electron chi connectivity index (χ3n) is 3.02. The highest BCUT2D eigenvalue weighted by Gasteiger charge is 2.10. The Morgan fingerprint density at radius 2 is 1.95 bits per heavy atom. The maximum absolute atomic E-state index is 12.3. The molecule has 1 heterocycles. The first-order valence-corrected chi connectivity index (χ1v) is 6.93. The largest absolute Gasteiger partial charge is 0.315 e. The molecule has 0 saturated carbocycles. The summed E-state index contributed by atoms with van der Waals surface area (Å²) in [6.45, 7) is 5.36. The Kier molecular flexibility index (Phi) is 4.69. The molecule has 2 aromatic rings. The molecular weight excluding hydrogens is 250 g/mol. The molecule has 0 radical (unpaired) electrons. The Bertz CT molecular complexity index is 617. The van der Waals surface area contributed by atoms with Gasteiger partial charge in [0.2, 0.25) is 0 Å². The fraction of sp³-hybridized carbons (Fsp3) is 0.375. The van der Waals surface area contributed by atoms with E-state index in [1.54, 1.807) is 4.68 Å². The summed E-state index contributed by atoms with van der Waals surface area (Å²) in [6.07, 6.45) is 0. The minimum Gasteiger partial charge on any atom is -0.315 e. The van der Waals surface area contributed by atoms with Crippen LogP contribution in [0.15, 0.2) is 41.2 Å². The van der Waals surface area contributed by atoms with Crippen molar-refractivity contribution in [2.24, 2.45) is 5.92 Å². The lowest BCUT2D eigenvalue weighted by molar-refractivity contribution is 0.461. The van der Waals surface area contributed by atoms with E-state index in [1.807, 2.05) is 43.4 Å². The van der Waals surface area contributed by atoms with Crippen LogP contribution in [-0.2, 0) is 13.1 Å². The lowest BCUT2D eigenvalue weighted by atomic mass is 10.1. The molecule has 0 aliphatic heterocycles. The topological polar surface area (TPSA) is 46.9 Å². The van der Waals surface area contributed by atoms with E-state index in [0.29, 0.717) is 19.0 Å². The molecule has 1 aromatic carbocycles. The van der Waals surface area contributed by atoms with Crippen molar-refractivity contribution in [3.8, 4) is 11.3 Å². The van der Waals surface area contributed by atoms with Crippen molar-refractivity contribution in [1.29, 1.82) is 0 Å². The summed E-state index contributed by atoms with van der Waals surface area (Å²) in [4.78, 5) is 12.3. The van der Waals surface area contributed by atoms with Gasteiger partial charge in [-0.1, -0.05) is 44.2 Å². The van der Waals surface area contributed by atoms with Gasteiger partial charge in [-0.15, -0.1) is 0 Å². The van der Waals surface area contributed by atoms with Crippen LogP contribution in [0.3, 0.4) is 0 Å². The monoisotopic (exact) mass is 271 g/mol. The fourth-order valence-electron chi connectivity index (χ4n) is 2.13. The summed E-state index contributed by atoms with van der Waals surface area (Å²) in [5, 5.41) is 7.54. The first-order valence-electron chi connectivity index (χ1n) is 6.93. The van der Waals surface area contributed by atoms with Gasteiger partial charge in [0.05, 0.1) is 5.69 Å². The molecule has 4 heteroatoms. The molecule has 0 unspecified atom stereocenters. The van der Waals surface area contributed by atoms with Crippen molar-refractivity contribution in [2.75, 3.05) is 7.05 Å². The number of hydrogen-bond donors (Lipinski definition) is 1. The quantitative estimate of drug-likeness (QED) is 0.907. The number of hydrogen-bond acceptors (Lipinski definition) is 3. The van der Waals surface area contributed by atoms with E-state index in [9.17, 15) is 4.79 Å². The maximum atomic E-state index is 12.3. The van der Waals surface area contributed by atoms with Crippen LogP contribution in [0.2, 0.25) is 0 Å². The molecule has 0 atom stereocenters. The molecule has 0 spiro atoms. The third-order valence-corrected chi connectivity index (χ3v) is 3.02. The highest BCUT2D eigenvalue weighted by Crippen LogP contribution is 2.16. The van der Waals surface area contributed by atoms with Crippen molar-refractivity contribution < 1.29 is 0 Å². The summed E-state index contributed by atoms with van der Waals surface area (Å²) < 4.78 is 1.58. The van der Waals surface area contributed by atoms with Gasteiger partial charge in [-0.25, -0.2) is 4.68 Å². The van der Waals surface area contributed by atoms with E-state index in [4.69, 9.17) is 0 Å². The van der Waals surface area contributed by atoms with E-state index in [0.717, 1.165) is 16.8 Å². The zero-order chi connectivity index (χ0) is 14.5. The number of rotatable bonds is 5. The Morgan fingerprint density at radius 3 is 2.55 bits per heavy atom. The molecule has 0 aliphatic carbocycles. The van der Waals surface area contributed by atoms with E-state index in [1.165, 1.54) is 0 Å². The Hall–Kier alpha value is -1.94. The molecule has 4 nitrogen and oxygen atoms in total. The van der Waals surface area contributed by atoms with Crippen molar-refractivity contribution in [2.45, 2.75) is 26.9 Å². The number of aromatic nitrogens is 2. The minimum atomic E-state index is -0.00673. The van der Waals surface area contributed by atoms with Crippen LogP contribution >= 0.6 is 0 Å². The first kappa shape index (κ1) is 14.5. The smallest absolute Gasteiger partial charge is 0.271 e. The Morgan fingerprint density at radius 1 is 1.25 bits per heavy atom. The maximum Gasteiger partial charge on any atom is 0.271 e. The van der Waals surface area contributed by atoms with E-state index >= 15 is 0 Å². The van der Waals surface area contributed by atoms with E-state index in [-0.39, 0.29) is 5.56 Å². The van der Waals surface area contributed by atoms with Crippen molar-refractivity contribution >= 4 is 0 Å². The van der Waals surface area contributed by atoms with Crippen molar-refractivity contribution in [1.82, 2.24) is 15.1 Å². The van der Waals surface area contributed by atoms with E-state index < -0.39 is 0 Å². The van der Waals surface area contributed by atoms with Gasteiger partial charge in [0, 0.05) is 24.2 Å². The SMILES string of the molecule is CNCc1cc(-c2ccccc2)nn(CC(C)C)c1=O. The summed E-state index contributed by atoms with van der Waals surface area (Å²) in [7, 11) is 1.84. The molecule has 20 heavy (non-hydrogen) atoms. The fourth-order valence-corrected chi connectivity index (χ4v) is 2.13. The van der Waals surface area contributed by atoms with Gasteiger partial charge in [-0.3, -0.25) is 4.79 Å². The molecule has 2 rings (SSSR count). The second kappa shape index (κ2) is 6.48. The van der Waals surface area contributed by atoms with Crippen LogP contribution < -0.4 is 10.9 Å². The van der Waals surface area contributed by atoms with Gasteiger partial charge < -0.3 is 5.32 Å². The zero-order valence-corrected chi connectivity index (χ0v) is 12.3. The van der Waals surface area contributed by atoms with Gasteiger partial charge in [-0.2, -0.15) is 5.10 Å². The molecule has 1 N–H and O–H groups in total. The van der Waals surface area contributed by atoms with Crippen molar-refractivity contribution in [3.63, 3.8) is 0 Å². The standard InChI is InChI=1S/C16H21N3O/c1-12(2)11-19-16(20)14(10-17-3)9-15(18-19)13-7-5-4-6-8-13/h4-9,12,17H,10-11H2,1-3H3. The normalized spacial score (nSPS) is 11.0. The summed E-state index contributed by atoms with van der Waals surface area (Å²) in [6, 6.07) is 11.8. The minimum absolute atomic E-state index is 0.00673. The van der Waals surface area contributed by atoms with Gasteiger partial charge in [0.1, 0.15) is 0 Å². The van der Waals surface area contributed by atoms with E-state index in [2.05, 4.69) is 24.3 Å². The third kappa shape index (κ3) is 3.33. The second-order valence-corrected chi connectivity index (χ2v) is 5.33. The van der Waals surface area contributed by atoms with Crippen LogP contribution in [-0.4, -0.2) is 16.8 Å². The number of nitrogens with zero attached hydrogens (tertiary/aromatic N) is 2. The predicted molar refractivity (Wildman–Crippen MR) is 81.5 cm³/mol. The number of nitrogens with one attached hydrogen (secondary N) is 1. The molecule has 0 amide bonds. The van der Waals surface area contributed by atoms with Gasteiger partial charge in [0.25, 0.3) is 5.56 Å². The Balaban J connectivity index is 2.52. The van der Waals surface area contributed by atoms with Crippen LogP contribution in [0.4, 0.5) is 0 Å². The Labute approximate surface area is 119 Å². The van der Waals surface area contributed by atoms with Gasteiger partial charge in [0.15, 0.2) is 0 Å². The lowest BCUT2D eigenvalue weighted by Gasteiger charge is -2.12. The molecule has 0 saturated heterocycles. The average Bonchev–Trinajstić information content (AvgIpc) is 2.44. The average molecular weight is 271 g/mol. The summed E-state index contributed by atoms with van der Waals surface area (Å²) in [5.74, 6) is 0.383. The molecule has 1 aromatic heterocycles. The highest BCUT2D eigenvalue weighted by atomic mass is 16.1. The van der Waals surface area contributed by atoms with Crippen LogP contribution in [0.5, 0.6) is 0 Å². The lowest BCUT2D eigenvalue weighted by Crippen LogP contribution is -2.30. The zero-order valence-electron chi connectivity index (χ0n) is 12.3. The molecular formula is C16H21N3O. The summed E-state index contributed by atoms with van der Waals surface area (Å²) in [5.41, 5.74) is 2.62. The van der Waals surface area contributed by atoms with Gasteiger partial charge >= 0.3 is 0 Å². The molecule has 0 fully saturated rings. The summed E-state index contributed by atoms with van der Waals surface area (Å²) >= 11 is 0. The molecule has 0 aliphatic rings. The highest BCUT2D eigenvalue weighted by molar-refractivity contribution is 5.58. The molecule has 106 valence electrons. The van der Waals surface area contributed by atoms with Gasteiger partial charge in [-0.05, 0) is 19.0 Å². The molecule has 0 bridgehead atoms. The van der Waals surface area contributed by atoms with Crippen LogP contribution in [0.25, 0.3) is 11.3 Å². The van der Waals surface area contributed by atoms with Crippen LogP contribution in [0, 0.1) is 5.92 Å². The second-order valence-electron chi connectivity index (χ2n) is 5.33.